The summed E-state index contributed by atoms with van der Waals surface area (Å²) in [4.78, 5) is 23.5. The van der Waals surface area contributed by atoms with Crippen LogP contribution in [0.3, 0.4) is 0 Å². The first-order chi connectivity index (χ1) is 15.9. The first-order valence-electron chi connectivity index (χ1n) is 10.1. The number of hydrogen-bond acceptors (Lipinski definition) is 15. The summed E-state index contributed by atoms with van der Waals surface area (Å²) < 4.78 is 19.9. The number of hydrogen-bond donors (Lipinski definition) is 8. The maximum atomic E-state index is 10.7. The Bertz CT molecular complexity index is 677. The molecule has 0 aromatic carbocycles. The second-order valence-corrected chi connectivity index (χ2v) is 7.54. The van der Waals surface area contributed by atoms with E-state index in [9.17, 15) is 40.2 Å². The third-order valence-electron chi connectivity index (χ3n) is 4.83. The summed E-state index contributed by atoms with van der Waals surface area (Å²) in [7, 11) is 0. The van der Waals surface area contributed by atoms with Crippen molar-refractivity contribution in [2.45, 2.75) is 81.5 Å². The molecule has 2 heterocycles. The van der Waals surface area contributed by atoms with Gasteiger partial charge in [-0.1, -0.05) is 6.58 Å². The zero-order chi connectivity index (χ0) is 26.2. The normalized spacial score (nSPS) is 38.5. The molecule has 2 aliphatic rings. The summed E-state index contributed by atoms with van der Waals surface area (Å²) >= 11 is 0. The summed E-state index contributed by atoms with van der Waals surface area (Å²) in [6.07, 6.45) is -15.1. The summed E-state index contributed by atoms with van der Waals surface area (Å²) in [5.41, 5.74) is 0.276. The molecule has 11 atom stereocenters. The van der Waals surface area contributed by atoms with Crippen molar-refractivity contribution in [2.24, 2.45) is 4.99 Å². The molecule has 196 valence electrons. The number of carbonyl (C=O) groups is 1. The standard InChI is InChI=1S/C12H22O11.C7H9NO3/c13-1-3-5(15)7(17)9(19)11(21-3)23-12-10(20)8(18)6(16)4(2-14)22-12;1-5(2)7(10)11-6(3)8-4-9/h3-20H,1-2H2;6H,1H2,2-3H3/t3-,4-,5-,6-,7+,8+,9-,10-,11-,12-;/m1./s1. The van der Waals surface area contributed by atoms with Crippen molar-refractivity contribution in [1.82, 2.24) is 0 Å². The van der Waals surface area contributed by atoms with Gasteiger partial charge in [0.2, 0.25) is 12.3 Å². The molecule has 0 aromatic heterocycles. The molecule has 2 saturated heterocycles. The van der Waals surface area contributed by atoms with Gasteiger partial charge in [-0.3, -0.25) is 0 Å². The van der Waals surface area contributed by atoms with E-state index in [-0.39, 0.29) is 5.57 Å². The number of carbonyl (C=O) groups excluding carboxylic acids is 2. The van der Waals surface area contributed by atoms with Crippen LogP contribution in [0, 0.1) is 0 Å². The lowest BCUT2D eigenvalue weighted by atomic mass is 9.98. The van der Waals surface area contributed by atoms with Gasteiger partial charge in [0.1, 0.15) is 48.8 Å². The first kappa shape index (κ1) is 30.2. The second kappa shape index (κ2) is 13.9. The molecule has 0 radical (unpaired) electrons. The SMILES string of the molecule is C=C(C)C(=O)OC(C)N=C=O.OC[C@H]1O[C@H](O[C@H]2O[C@H](CO)[C@@H](O)[C@H](O)[C@H]2O)[C@H](O)[C@@H](O)[C@@H]1O. The lowest BCUT2D eigenvalue weighted by molar-refractivity contribution is -0.376. The lowest BCUT2D eigenvalue weighted by Crippen LogP contribution is -2.63. The van der Waals surface area contributed by atoms with E-state index >= 15 is 0 Å². The van der Waals surface area contributed by atoms with E-state index in [0.717, 1.165) is 0 Å². The number of esters is 1. The predicted molar refractivity (Wildman–Crippen MR) is 107 cm³/mol. The van der Waals surface area contributed by atoms with Gasteiger partial charge < -0.3 is 59.8 Å². The summed E-state index contributed by atoms with van der Waals surface area (Å²) in [6.45, 7) is 5.00. The Morgan fingerprint density at radius 2 is 1.32 bits per heavy atom. The number of aliphatic hydroxyl groups is 8. The van der Waals surface area contributed by atoms with Gasteiger partial charge in [0, 0.05) is 5.57 Å². The molecule has 0 aromatic rings. The number of aliphatic imine (C=N–C) groups is 1. The Balaban J connectivity index is 0.000000445. The molecule has 8 N–H and O–H groups in total. The van der Waals surface area contributed by atoms with Crippen LogP contribution in [0.2, 0.25) is 0 Å². The zero-order valence-electron chi connectivity index (χ0n) is 18.4. The quantitative estimate of drug-likeness (QED) is 0.0714. The van der Waals surface area contributed by atoms with Crippen molar-refractivity contribution in [1.29, 1.82) is 0 Å². The second-order valence-electron chi connectivity index (χ2n) is 7.54. The van der Waals surface area contributed by atoms with Crippen LogP contribution >= 0.6 is 0 Å². The molecular formula is C19H31NO14. The van der Waals surface area contributed by atoms with Gasteiger partial charge in [0.05, 0.1) is 13.2 Å². The molecule has 0 spiro atoms. The Labute approximate surface area is 194 Å². The summed E-state index contributed by atoms with van der Waals surface area (Å²) in [6, 6.07) is 0. The van der Waals surface area contributed by atoms with Gasteiger partial charge in [0.25, 0.3) is 0 Å². The Hall–Kier alpha value is -1.85. The van der Waals surface area contributed by atoms with E-state index in [1.807, 2.05) is 0 Å². The largest absolute Gasteiger partial charge is 0.436 e. The van der Waals surface area contributed by atoms with E-state index in [4.69, 9.17) is 24.4 Å². The fraction of sp³-hybridized carbons (Fsp3) is 0.789. The van der Waals surface area contributed by atoms with Gasteiger partial charge in [-0.25, -0.2) is 9.59 Å². The van der Waals surface area contributed by atoms with Crippen molar-refractivity contribution in [3.05, 3.63) is 12.2 Å². The topological polar surface area (TPSA) is 245 Å². The highest BCUT2D eigenvalue weighted by Gasteiger charge is 2.49. The summed E-state index contributed by atoms with van der Waals surface area (Å²) in [5.74, 6) is -0.559. The van der Waals surface area contributed by atoms with Crippen LogP contribution in [0.4, 0.5) is 0 Å². The average Bonchev–Trinajstić information content (AvgIpc) is 2.79. The average molecular weight is 497 g/mol. The van der Waals surface area contributed by atoms with Crippen LogP contribution in [0.5, 0.6) is 0 Å². The molecular weight excluding hydrogens is 466 g/mol. The molecule has 0 saturated carbocycles. The molecule has 2 fully saturated rings. The van der Waals surface area contributed by atoms with Crippen LogP contribution in [0.1, 0.15) is 13.8 Å². The predicted octanol–water partition coefficient (Wildman–Crippen LogP) is -4.61. The third-order valence-corrected chi connectivity index (χ3v) is 4.83. The van der Waals surface area contributed by atoms with Crippen molar-refractivity contribution in [3.63, 3.8) is 0 Å². The Morgan fingerprint density at radius 3 is 1.65 bits per heavy atom. The minimum atomic E-state index is -1.72. The van der Waals surface area contributed by atoms with Crippen molar-refractivity contribution >= 4 is 12.0 Å². The van der Waals surface area contributed by atoms with E-state index < -0.39 is 86.8 Å². The fourth-order valence-electron chi connectivity index (χ4n) is 2.85. The number of aliphatic hydroxyl groups excluding tert-OH is 8. The first-order valence-corrected chi connectivity index (χ1v) is 10.1. The fourth-order valence-corrected chi connectivity index (χ4v) is 2.85. The van der Waals surface area contributed by atoms with E-state index in [0.29, 0.717) is 0 Å². The summed E-state index contributed by atoms with van der Waals surface area (Å²) in [5, 5.41) is 76.4. The van der Waals surface area contributed by atoms with E-state index in [1.165, 1.54) is 19.9 Å². The van der Waals surface area contributed by atoms with Gasteiger partial charge in [-0.2, -0.15) is 4.99 Å². The van der Waals surface area contributed by atoms with Crippen molar-refractivity contribution < 1.29 is 69.4 Å². The number of ether oxygens (including phenoxy) is 4. The van der Waals surface area contributed by atoms with E-state index in [1.54, 1.807) is 0 Å². The Kier molecular flexibility index (Phi) is 12.3. The maximum absolute atomic E-state index is 10.7. The van der Waals surface area contributed by atoms with Crippen LogP contribution in [0.15, 0.2) is 17.1 Å². The highest BCUT2D eigenvalue weighted by atomic mass is 16.8. The molecule has 2 rings (SSSR count). The van der Waals surface area contributed by atoms with Crippen LogP contribution in [0.25, 0.3) is 0 Å². The van der Waals surface area contributed by atoms with Crippen LogP contribution in [-0.2, 0) is 28.5 Å². The van der Waals surface area contributed by atoms with Crippen LogP contribution < -0.4 is 0 Å². The minimum absolute atomic E-state index is 0.276. The molecule has 0 amide bonds. The third kappa shape index (κ3) is 7.84. The highest BCUT2D eigenvalue weighted by molar-refractivity contribution is 5.87. The molecule has 0 bridgehead atoms. The van der Waals surface area contributed by atoms with Gasteiger partial charge in [-0.05, 0) is 13.8 Å². The van der Waals surface area contributed by atoms with Gasteiger partial charge in [-0.15, -0.1) is 0 Å². The van der Waals surface area contributed by atoms with Gasteiger partial charge in [0.15, 0.2) is 12.6 Å². The molecule has 34 heavy (non-hydrogen) atoms. The molecule has 1 unspecified atom stereocenters. The highest BCUT2D eigenvalue weighted by Crippen LogP contribution is 2.27. The number of rotatable bonds is 7. The Morgan fingerprint density at radius 1 is 0.912 bits per heavy atom. The van der Waals surface area contributed by atoms with Crippen molar-refractivity contribution in [3.8, 4) is 0 Å². The molecule has 0 aliphatic carbocycles. The molecule has 15 nitrogen and oxygen atoms in total. The van der Waals surface area contributed by atoms with Gasteiger partial charge >= 0.3 is 5.97 Å². The smallest absolute Gasteiger partial charge is 0.335 e. The molecule has 15 heteroatoms. The van der Waals surface area contributed by atoms with Crippen molar-refractivity contribution in [2.75, 3.05) is 13.2 Å². The number of isocyanates is 1. The van der Waals surface area contributed by atoms with E-state index in [2.05, 4.69) is 16.3 Å². The lowest BCUT2D eigenvalue weighted by Gasteiger charge is -2.44. The maximum Gasteiger partial charge on any atom is 0.335 e. The molecule has 2 aliphatic heterocycles. The zero-order valence-corrected chi connectivity index (χ0v) is 18.4. The van der Waals surface area contributed by atoms with Crippen LogP contribution in [-0.4, -0.2) is 134 Å². The minimum Gasteiger partial charge on any atom is -0.436 e. The monoisotopic (exact) mass is 497 g/mol. The number of nitrogens with zero attached hydrogens (tertiary/aromatic N) is 1.